The number of carbonyl (C=O) groups is 1. The summed E-state index contributed by atoms with van der Waals surface area (Å²) in [6.07, 6.45) is 2.01. The lowest BCUT2D eigenvalue weighted by atomic mass is 10.1. The van der Waals surface area contributed by atoms with Gasteiger partial charge >= 0.3 is 5.97 Å². The number of nitrogens with zero attached hydrogens (tertiary/aromatic N) is 2. The van der Waals surface area contributed by atoms with Crippen molar-refractivity contribution in [1.29, 1.82) is 0 Å². The fraction of sp³-hybridized carbons (Fsp3) is 0.231. The third-order valence-corrected chi connectivity index (χ3v) is 3.54. The van der Waals surface area contributed by atoms with Gasteiger partial charge in [0.1, 0.15) is 5.56 Å². The Morgan fingerprint density at radius 3 is 2.44 bits per heavy atom. The number of thioether (sulfide) groups is 1. The Kier molecular flexibility index (Phi) is 3.43. The molecule has 0 saturated heterocycles. The van der Waals surface area contributed by atoms with E-state index in [0.717, 1.165) is 10.5 Å². The Labute approximate surface area is 110 Å². The standard InChI is InChI=1S/C13H14N2O2S/c1-8-11(13(16)17)12(15(2)14-8)9-4-6-10(18-3)7-5-9/h4-7H,1-3H3,(H,16,17). The Balaban J connectivity index is 2.59. The third-order valence-electron chi connectivity index (χ3n) is 2.80. The highest BCUT2D eigenvalue weighted by Crippen LogP contribution is 2.27. The Morgan fingerprint density at radius 2 is 1.94 bits per heavy atom. The SMILES string of the molecule is CSc1ccc(-c2c(C(=O)O)c(C)nn2C)cc1. The predicted molar refractivity (Wildman–Crippen MR) is 72.1 cm³/mol. The van der Waals surface area contributed by atoms with Crippen molar-refractivity contribution in [3.05, 3.63) is 35.5 Å². The summed E-state index contributed by atoms with van der Waals surface area (Å²) in [5, 5.41) is 13.4. The van der Waals surface area contributed by atoms with Crippen molar-refractivity contribution in [3.8, 4) is 11.3 Å². The molecular formula is C13H14N2O2S. The molecule has 1 aromatic carbocycles. The van der Waals surface area contributed by atoms with Crippen LogP contribution in [0, 0.1) is 6.92 Å². The second kappa shape index (κ2) is 4.86. The lowest BCUT2D eigenvalue weighted by Crippen LogP contribution is -2.01. The zero-order valence-electron chi connectivity index (χ0n) is 10.5. The third kappa shape index (κ3) is 2.13. The van der Waals surface area contributed by atoms with Crippen molar-refractivity contribution in [2.45, 2.75) is 11.8 Å². The van der Waals surface area contributed by atoms with Gasteiger partial charge in [-0.1, -0.05) is 12.1 Å². The molecule has 1 N–H and O–H groups in total. The molecule has 0 amide bonds. The summed E-state index contributed by atoms with van der Waals surface area (Å²) in [6.45, 7) is 1.71. The van der Waals surface area contributed by atoms with E-state index in [0.29, 0.717) is 11.4 Å². The van der Waals surface area contributed by atoms with E-state index >= 15 is 0 Å². The number of carboxylic acids is 1. The van der Waals surface area contributed by atoms with Gasteiger partial charge in [-0.05, 0) is 25.3 Å². The number of rotatable bonds is 3. The van der Waals surface area contributed by atoms with Crippen molar-refractivity contribution >= 4 is 17.7 Å². The molecule has 0 radical (unpaired) electrons. The van der Waals surface area contributed by atoms with Gasteiger partial charge in [-0.2, -0.15) is 5.10 Å². The molecule has 4 nitrogen and oxygen atoms in total. The van der Waals surface area contributed by atoms with Gasteiger partial charge in [0, 0.05) is 17.5 Å². The van der Waals surface area contributed by atoms with Crippen LogP contribution in [0.15, 0.2) is 29.2 Å². The molecule has 0 bridgehead atoms. The van der Waals surface area contributed by atoms with E-state index in [-0.39, 0.29) is 5.56 Å². The van der Waals surface area contributed by atoms with Crippen LogP contribution in [0.1, 0.15) is 16.1 Å². The van der Waals surface area contributed by atoms with E-state index in [1.54, 1.807) is 30.4 Å². The average Bonchev–Trinajstić information content (AvgIpc) is 2.64. The largest absolute Gasteiger partial charge is 0.478 e. The zero-order chi connectivity index (χ0) is 13.3. The molecule has 0 fully saturated rings. The lowest BCUT2D eigenvalue weighted by molar-refractivity contribution is 0.0697. The number of aromatic nitrogens is 2. The van der Waals surface area contributed by atoms with Crippen molar-refractivity contribution in [1.82, 2.24) is 9.78 Å². The lowest BCUT2D eigenvalue weighted by Gasteiger charge is -2.05. The molecule has 0 aliphatic heterocycles. The van der Waals surface area contributed by atoms with E-state index < -0.39 is 5.97 Å². The van der Waals surface area contributed by atoms with Crippen LogP contribution in [-0.4, -0.2) is 27.1 Å². The topological polar surface area (TPSA) is 55.1 Å². The molecule has 5 heteroatoms. The van der Waals surface area contributed by atoms with Crippen LogP contribution in [0.5, 0.6) is 0 Å². The monoisotopic (exact) mass is 262 g/mol. The first-order valence-corrected chi connectivity index (χ1v) is 6.68. The maximum Gasteiger partial charge on any atom is 0.339 e. The average molecular weight is 262 g/mol. The predicted octanol–water partition coefficient (Wildman–Crippen LogP) is 2.82. The van der Waals surface area contributed by atoms with E-state index in [4.69, 9.17) is 0 Å². The van der Waals surface area contributed by atoms with Crippen LogP contribution >= 0.6 is 11.8 Å². The van der Waals surface area contributed by atoms with E-state index in [1.807, 2.05) is 30.5 Å². The summed E-state index contributed by atoms with van der Waals surface area (Å²) in [5.74, 6) is -0.940. The molecule has 1 aromatic heterocycles. The molecule has 0 aliphatic carbocycles. The van der Waals surface area contributed by atoms with Gasteiger partial charge in [0.2, 0.25) is 0 Å². The molecular weight excluding hydrogens is 248 g/mol. The number of hydrogen-bond acceptors (Lipinski definition) is 3. The molecule has 94 valence electrons. The maximum atomic E-state index is 11.3. The first kappa shape index (κ1) is 12.7. The summed E-state index contributed by atoms with van der Waals surface area (Å²) in [7, 11) is 1.76. The summed E-state index contributed by atoms with van der Waals surface area (Å²) in [5.41, 5.74) is 2.32. The van der Waals surface area contributed by atoms with E-state index in [9.17, 15) is 9.90 Å². The minimum absolute atomic E-state index is 0.273. The molecule has 0 unspecified atom stereocenters. The highest BCUT2D eigenvalue weighted by molar-refractivity contribution is 7.98. The first-order chi connectivity index (χ1) is 8.54. The molecule has 0 saturated carbocycles. The summed E-state index contributed by atoms with van der Waals surface area (Å²) < 4.78 is 1.62. The zero-order valence-corrected chi connectivity index (χ0v) is 11.3. The highest BCUT2D eigenvalue weighted by atomic mass is 32.2. The quantitative estimate of drug-likeness (QED) is 0.864. The van der Waals surface area contributed by atoms with Crippen LogP contribution in [0.4, 0.5) is 0 Å². The fourth-order valence-corrected chi connectivity index (χ4v) is 2.40. The molecule has 2 rings (SSSR count). The van der Waals surface area contributed by atoms with Crippen LogP contribution in [0.2, 0.25) is 0 Å². The normalized spacial score (nSPS) is 10.6. The molecule has 0 aliphatic rings. The number of carboxylic acid groups (broad SMARTS) is 1. The molecule has 2 aromatic rings. The van der Waals surface area contributed by atoms with E-state index in [2.05, 4.69) is 5.10 Å². The minimum Gasteiger partial charge on any atom is -0.478 e. The van der Waals surface area contributed by atoms with Crippen LogP contribution in [0.25, 0.3) is 11.3 Å². The van der Waals surface area contributed by atoms with Gasteiger partial charge in [0.25, 0.3) is 0 Å². The fourth-order valence-electron chi connectivity index (χ4n) is 1.99. The molecule has 18 heavy (non-hydrogen) atoms. The highest BCUT2D eigenvalue weighted by Gasteiger charge is 2.20. The summed E-state index contributed by atoms with van der Waals surface area (Å²) in [4.78, 5) is 12.4. The number of aryl methyl sites for hydroxylation is 2. The van der Waals surface area contributed by atoms with Gasteiger partial charge < -0.3 is 5.11 Å². The Hall–Kier alpha value is -1.75. The van der Waals surface area contributed by atoms with Gasteiger partial charge in [0.05, 0.1) is 11.4 Å². The molecule has 0 atom stereocenters. The van der Waals surface area contributed by atoms with Crippen LogP contribution in [0.3, 0.4) is 0 Å². The van der Waals surface area contributed by atoms with Crippen molar-refractivity contribution in [2.24, 2.45) is 7.05 Å². The van der Waals surface area contributed by atoms with Crippen molar-refractivity contribution in [2.75, 3.05) is 6.26 Å². The summed E-state index contributed by atoms with van der Waals surface area (Å²) in [6, 6.07) is 7.81. The summed E-state index contributed by atoms with van der Waals surface area (Å²) >= 11 is 1.65. The van der Waals surface area contributed by atoms with Crippen LogP contribution < -0.4 is 0 Å². The second-order valence-corrected chi connectivity index (χ2v) is 4.85. The number of aromatic carboxylic acids is 1. The minimum atomic E-state index is -0.940. The Bertz CT molecular complexity index is 588. The number of hydrogen-bond donors (Lipinski definition) is 1. The second-order valence-electron chi connectivity index (χ2n) is 3.97. The van der Waals surface area contributed by atoms with Gasteiger partial charge in [-0.15, -0.1) is 11.8 Å². The molecule has 1 heterocycles. The van der Waals surface area contributed by atoms with Crippen molar-refractivity contribution in [3.63, 3.8) is 0 Å². The maximum absolute atomic E-state index is 11.3. The van der Waals surface area contributed by atoms with Gasteiger partial charge in [0.15, 0.2) is 0 Å². The number of benzene rings is 1. The smallest absolute Gasteiger partial charge is 0.339 e. The molecule has 0 spiro atoms. The van der Waals surface area contributed by atoms with Gasteiger partial charge in [-0.3, -0.25) is 4.68 Å². The van der Waals surface area contributed by atoms with Gasteiger partial charge in [-0.25, -0.2) is 4.79 Å². The Morgan fingerprint density at radius 1 is 1.33 bits per heavy atom. The first-order valence-electron chi connectivity index (χ1n) is 5.46. The van der Waals surface area contributed by atoms with Crippen molar-refractivity contribution < 1.29 is 9.90 Å². The van der Waals surface area contributed by atoms with E-state index in [1.165, 1.54) is 0 Å². The van der Waals surface area contributed by atoms with Crippen LogP contribution in [-0.2, 0) is 7.05 Å².